The SMILES string of the molecule is COc1c(F)cc(B(O)O)cc1F. The van der Waals surface area contributed by atoms with E-state index in [9.17, 15) is 8.78 Å². The summed E-state index contributed by atoms with van der Waals surface area (Å²) in [7, 11) is -0.772. The Morgan fingerprint density at radius 3 is 2.00 bits per heavy atom. The summed E-state index contributed by atoms with van der Waals surface area (Å²) in [5, 5.41) is 17.2. The van der Waals surface area contributed by atoms with E-state index in [0.29, 0.717) is 0 Å². The second-order valence-corrected chi connectivity index (χ2v) is 2.39. The second kappa shape index (κ2) is 3.72. The number of benzene rings is 1. The molecule has 0 unspecified atom stereocenters. The van der Waals surface area contributed by atoms with Crippen molar-refractivity contribution in [1.82, 2.24) is 0 Å². The Morgan fingerprint density at radius 2 is 1.69 bits per heavy atom. The van der Waals surface area contributed by atoms with Gasteiger partial charge in [-0.1, -0.05) is 0 Å². The summed E-state index contributed by atoms with van der Waals surface area (Å²) in [4.78, 5) is 0. The Balaban J connectivity index is 3.20. The molecule has 0 aromatic heterocycles. The van der Waals surface area contributed by atoms with Crippen LogP contribution in [0.1, 0.15) is 0 Å². The van der Waals surface area contributed by atoms with Crippen LogP contribution in [-0.2, 0) is 0 Å². The Bertz CT molecular complexity index is 294. The number of halogens is 2. The van der Waals surface area contributed by atoms with Crippen LogP contribution in [0.2, 0.25) is 0 Å². The summed E-state index contributed by atoms with van der Waals surface area (Å²) < 4.78 is 30.2. The molecule has 2 N–H and O–H groups in total. The Hall–Kier alpha value is -1.14. The summed E-state index contributed by atoms with van der Waals surface area (Å²) in [6.07, 6.45) is 0. The van der Waals surface area contributed by atoms with Crippen molar-refractivity contribution in [2.45, 2.75) is 0 Å². The van der Waals surface area contributed by atoms with Crippen LogP contribution in [0.4, 0.5) is 8.78 Å². The van der Waals surface area contributed by atoms with Crippen molar-refractivity contribution in [3.63, 3.8) is 0 Å². The highest BCUT2D eigenvalue weighted by Gasteiger charge is 2.17. The molecular formula is C7H7BF2O3. The standard InChI is InChI=1S/C7H7BF2O3/c1-13-7-5(9)2-4(8(11)12)3-6(7)10/h2-3,11-12H,1H3. The molecule has 0 heterocycles. The van der Waals surface area contributed by atoms with Crippen molar-refractivity contribution < 1.29 is 23.6 Å². The maximum atomic E-state index is 12.9. The van der Waals surface area contributed by atoms with E-state index in [1.54, 1.807) is 0 Å². The Morgan fingerprint density at radius 1 is 1.23 bits per heavy atom. The lowest BCUT2D eigenvalue weighted by Gasteiger charge is -2.05. The van der Waals surface area contributed by atoms with Crippen LogP contribution in [0, 0.1) is 11.6 Å². The molecule has 3 nitrogen and oxygen atoms in total. The smallest absolute Gasteiger partial charge is 0.488 e. The molecule has 0 aliphatic carbocycles. The van der Waals surface area contributed by atoms with Crippen LogP contribution >= 0.6 is 0 Å². The molecule has 0 aliphatic rings. The molecule has 0 amide bonds. The maximum Gasteiger partial charge on any atom is 0.488 e. The third kappa shape index (κ3) is 1.96. The topological polar surface area (TPSA) is 49.7 Å². The first-order valence-electron chi connectivity index (χ1n) is 3.45. The quantitative estimate of drug-likeness (QED) is 0.623. The average molecular weight is 188 g/mol. The minimum Gasteiger partial charge on any atom is -0.491 e. The van der Waals surface area contributed by atoms with Gasteiger partial charge in [0.25, 0.3) is 0 Å². The van der Waals surface area contributed by atoms with Gasteiger partial charge in [0.1, 0.15) is 0 Å². The third-order valence-electron chi connectivity index (χ3n) is 1.52. The summed E-state index contributed by atoms with van der Waals surface area (Å²) in [5.74, 6) is -2.47. The number of rotatable bonds is 2. The first-order valence-corrected chi connectivity index (χ1v) is 3.45. The summed E-state index contributed by atoms with van der Waals surface area (Å²) >= 11 is 0. The van der Waals surface area contributed by atoms with Crippen LogP contribution in [0.3, 0.4) is 0 Å². The summed E-state index contributed by atoms with van der Waals surface area (Å²) in [5.41, 5.74) is -0.254. The van der Waals surface area contributed by atoms with Crippen molar-refractivity contribution in [3.05, 3.63) is 23.8 Å². The van der Waals surface area contributed by atoms with E-state index in [4.69, 9.17) is 10.0 Å². The molecular weight excluding hydrogens is 181 g/mol. The van der Waals surface area contributed by atoms with Gasteiger partial charge in [0.2, 0.25) is 0 Å². The maximum absolute atomic E-state index is 12.9. The lowest BCUT2D eigenvalue weighted by molar-refractivity contribution is 0.359. The zero-order valence-electron chi connectivity index (χ0n) is 6.79. The zero-order chi connectivity index (χ0) is 10.0. The van der Waals surface area contributed by atoms with Crippen molar-refractivity contribution in [2.75, 3.05) is 7.11 Å². The highest BCUT2D eigenvalue weighted by molar-refractivity contribution is 6.58. The molecule has 0 saturated carbocycles. The van der Waals surface area contributed by atoms with Gasteiger partial charge in [-0.15, -0.1) is 0 Å². The van der Waals surface area contributed by atoms with E-state index in [-0.39, 0.29) is 5.46 Å². The van der Waals surface area contributed by atoms with Crippen molar-refractivity contribution >= 4 is 12.6 Å². The predicted octanol–water partition coefficient (Wildman–Crippen LogP) is -0.347. The van der Waals surface area contributed by atoms with Gasteiger partial charge in [-0.05, 0) is 17.6 Å². The minimum atomic E-state index is -1.89. The normalized spacial score (nSPS) is 9.92. The predicted molar refractivity (Wildman–Crippen MR) is 42.7 cm³/mol. The molecule has 0 saturated heterocycles. The second-order valence-electron chi connectivity index (χ2n) is 2.39. The van der Waals surface area contributed by atoms with Crippen molar-refractivity contribution in [3.8, 4) is 5.75 Å². The first kappa shape index (κ1) is 9.95. The van der Waals surface area contributed by atoms with Gasteiger partial charge < -0.3 is 14.8 Å². The van der Waals surface area contributed by atoms with E-state index in [0.717, 1.165) is 19.2 Å². The van der Waals surface area contributed by atoms with Gasteiger partial charge in [0.05, 0.1) is 7.11 Å². The minimum absolute atomic E-state index is 0.254. The Kier molecular flexibility index (Phi) is 2.85. The fraction of sp³-hybridized carbons (Fsp3) is 0.143. The zero-order valence-corrected chi connectivity index (χ0v) is 6.79. The Labute approximate surface area is 73.7 Å². The molecule has 1 aromatic rings. The first-order chi connectivity index (χ1) is 6.06. The molecule has 0 bridgehead atoms. The van der Waals surface area contributed by atoms with Gasteiger partial charge in [-0.2, -0.15) is 0 Å². The van der Waals surface area contributed by atoms with Gasteiger partial charge in [0, 0.05) is 0 Å². The molecule has 70 valence electrons. The van der Waals surface area contributed by atoms with E-state index in [1.165, 1.54) is 0 Å². The molecule has 1 aromatic carbocycles. The van der Waals surface area contributed by atoms with Crippen molar-refractivity contribution in [2.24, 2.45) is 0 Å². The summed E-state index contributed by atoms with van der Waals surface area (Å²) in [6.45, 7) is 0. The van der Waals surface area contributed by atoms with Crippen LogP contribution in [0.15, 0.2) is 12.1 Å². The highest BCUT2D eigenvalue weighted by atomic mass is 19.1. The van der Waals surface area contributed by atoms with Gasteiger partial charge >= 0.3 is 7.12 Å². The molecule has 1 rings (SSSR count). The fourth-order valence-electron chi connectivity index (χ4n) is 0.924. The van der Waals surface area contributed by atoms with Crippen molar-refractivity contribution in [1.29, 1.82) is 0 Å². The third-order valence-corrected chi connectivity index (χ3v) is 1.52. The lowest BCUT2D eigenvalue weighted by atomic mass is 9.80. The largest absolute Gasteiger partial charge is 0.491 e. The number of hydrogen-bond acceptors (Lipinski definition) is 3. The van der Waals surface area contributed by atoms with Crippen LogP contribution in [-0.4, -0.2) is 24.3 Å². The fourth-order valence-corrected chi connectivity index (χ4v) is 0.924. The molecule has 0 fully saturated rings. The number of ether oxygens (including phenoxy) is 1. The van der Waals surface area contributed by atoms with Gasteiger partial charge in [-0.3, -0.25) is 0 Å². The number of methoxy groups -OCH3 is 1. The summed E-state index contributed by atoms with van der Waals surface area (Å²) in [6, 6.07) is 1.60. The molecule has 0 atom stereocenters. The number of hydrogen-bond donors (Lipinski definition) is 2. The lowest BCUT2D eigenvalue weighted by Crippen LogP contribution is -2.30. The van der Waals surface area contributed by atoms with E-state index in [1.807, 2.05) is 0 Å². The van der Waals surface area contributed by atoms with Crippen LogP contribution in [0.25, 0.3) is 0 Å². The molecule has 13 heavy (non-hydrogen) atoms. The van der Waals surface area contributed by atoms with Crippen LogP contribution < -0.4 is 10.2 Å². The molecule has 0 aliphatic heterocycles. The monoisotopic (exact) mass is 188 g/mol. The molecule has 6 heteroatoms. The van der Waals surface area contributed by atoms with Gasteiger partial charge in [0.15, 0.2) is 17.4 Å². The van der Waals surface area contributed by atoms with E-state index in [2.05, 4.69) is 4.74 Å². The molecule has 0 spiro atoms. The van der Waals surface area contributed by atoms with Gasteiger partial charge in [-0.25, -0.2) is 8.78 Å². The van der Waals surface area contributed by atoms with E-state index >= 15 is 0 Å². The average Bonchev–Trinajstić information content (AvgIpc) is 2.03. The van der Waals surface area contributed by atoms with Crippen LogP contribution in [0.5, 0.6) is 5.75 Å². The van der Waals surface area contributed by atoms with E-state index < -0.39 is 24.5 Å². The molecule has 0 radical (unpaired) electrons. The highest BCUT2D eigenvalue weighted by Crippen LogP contribution is 2.18.